The van der Waals surface area contributed by atoms with Gasteiger partial charge in [-0.3, -0.25) is 9.10 Å². The van der Waals surface area contributed by atoms with E-state index in [0.29, 0.717) is 12.4 Å². The first-order chi connectivity index (χ1) is 16.6. The largest absolute Gasteiger partial charge is 0.494 e. The SMILES string of the molecule is CCOc1ccc(N(CC(=O)Nc2ccc(Cl)c(C(=O)OC)c2)S(=O)(=O)c2ccc(C)cc2)cc1. The zero-order valence-electron chi connectivity index (χ0n) is 19.4. The zero-order chi connectivity index (χ0) is 25.6. The van der Waals surface area contributed by atoms with Gasteiger partial charge in [0.2, 0.25) is 5.91 Å². The quantitative estimate of drug-likeness (QED) is 0.415. The molecule has 3 aromatic carbocycles. The molecule has 3 aromatic rings. The van der Waals surface area contributed by atoms with E-state index in [4.69, 9.17) is 21.1 Å². The molecule has 0 saturated carbocycles. The fourth-order valence-corrected chi connectivity index (χ4v) is 4.84. The second-order valence-corrected chi connectivity index (χ2v) is 9.76. The molecule has 0 saturated heterocycles. The van der Waals surface area contributed by atoms with E-state index >= 15 is 0 Å². The first kappa shape index (κ1) is 26.1. The van der Waals surface area contributed by atoms with Gasteiger partial charge in [-0.05, 0) is 68.4 Å². The standard InChI is InChI=1S/C25H25ClN2O6S/c1-4-34-20-10-8-19(9-11-20)28(35(31,32)21-12-5-17(2)6-13-21)16-24(29)27-18-7-14-23(26)22(15-18)25(30)33-3/h5-15H,4,16H2,1-3H3,(H,27,29). The molecule has 8 nitrogen and oxygen atoms in total. The smallest absolute Gasteiger partial charge is 0.339 e. The van der Waals surface area contributed by atoms with Gasteiger partial charge in [0, 0.05) is 5.69 Å². The Bertz CT molecular complexity index is 1310. The van der Waals surface area contributed by atoms with Crippen LogP contribution in [0, 0.1) is 6.92 Å². The Kier molecular flexibility index (Phi) is 8.37. The third kappa shape index (κ3) is 6.32. The molecule has 0 aliphatic heterocycles. The van der Waals surface area contributed by atoms with Crippen molar-refractivity contribution in [3.8, 4) is 5.75 Å². The molecule has 0 fully saturated rings. The maximum atomic E-state index is 13.5. The van der Waals surface area contributed by atoms with E-state index in [0.717, 1.165) is 9.87 Å². The van der Waals surface area contributed by atoms with Gasteiger partial charge < -0.3 is 14.8 Å². The van der Waals surface area contributed by atoms with Crippen molar-refractivity contribution in [3.05, 3.63) is 82.9 Å². The summed E-state index contributed by atoms with van der Waals surface area (Å²) >= 11 is 6.03. The normalized spacial score (nSPS) is 11.0. The Labute approximate surface area is 209 Å². The lowest BCUT2D eigenvalue weighted by Gasteiger charge is -2.24. The summed E-state index contributed by atoms with van der Waals surface area (Å²) in [6.07, 6.45) is 0. The van der Waals surface area contributed by atoms with Crippen LogP contribution in [0.1, 0.15) is 22.8 Å². The minimum atomic E-state index is -4.08. The molecule has 1 amide bonds. The van der Waals surface area contributed by atoms with Crippen LogP contribution in [0.4, 0.5) is 11.4 Å². The molecule has 1 N–H and O–H groups in total. The molecule has 0 unspecified atom stereocenters. The number of ether oxygens (including phenoxy) is 2. The number of nitrogens with zero attached hydrogens (tertiary/aromatic N) is 1. The number of hydrogen-bond donors (Lipinski definition) is 1. The number of anilines is 2. The predicted octanol–water partition coefficient (Wildman–Crippen LogP) is 4.67. The van der Waals surface area contributed by atoms with Crippen LogP contribution in [0.25, 0.3) is 0 Å². The van der Waals surface area contributed by atoms with Gasteiger partial charge >= 0.3 is 5.97 Å². The average molecular weight is 517 g/mol. The van der Waals surface area contributed by atoms with E-state index in [2.05, 4.69) is 5.32 Å². The van der Waals surface area contributed by atoms with Crippen molar-refractivity contribution in [1.82, 2.24) is 0 Å². The Morgan fingerprint density at radius 3 is 2.26 bits per heavy atom. The molecule has 0 radical (unpaired) electrons. The number of hydrogen-bond acceptors (Lipinski definition) is 6. The number of rotatable bonds is 9. The second-order valence-electron chi connectivity index (χ2n) is 7.49. The van der Waals surface area contributed by atoms with E-state index < -0.39 is 28.4 Å². The second kappa shape index (κ2) is 11.2. The van der Waals surface area contributed by atoms with E-state index in [9.17, 15) is 18.0 Å². The van der Waals surface area contributed by atoms with Crippen molar-refractivity contribution in [3.63, 3.8) is 0 Å². The molecule has 0 spiro atoms. The number of carbonyl (C=O) groups excluding carboxylic acids is 2. The first-order valence-electron chi connectivity index (χ1n) is 10.7. The van der Waals surface area contributed by atoms with Gasteiger partial charge in [0.25, 0.3) is 10.0 Å². The van der Waals surface area contributed by atoms with Crippen molar-refractivity contribution in [2.75, 3.05) is 29.9 Å². The first-order valence-corrected chi connectivity index (χ1v) is 12.5. The van der Waals surface area contributed by atoms with E-state index in [-0.39, 0.29) is 26.9 Å². The topological polar surface area (TPSA) is 102 Å². The molecule has 0 aromatic heterocycles. The summed E-state index contributed by atoms with van der Waals surface area (Å²) in [6, 6.07) is 17.1. The highest BCUT2D eigenvalue weighted by Gasteiger charge is 2.27. The number of methoxy groups -OCH3 is 1. The van der Waals surface area contributed by atoms with Crippen LogP contribution in [0.2, 0.25) is 5.02 Å². The van der Waals surface area contributed by atoms with Gasteiger partial charge in [0.05, 0.1) is 34.9 Å². The highest BCUT2D eigenvalue weighted by molar-refractivity contribution is 7.92. The van der Waals surface area contributed by atoms with Crippen LogP contribution in [-0.2, 0) is 19.6 Å². The van der Waals surface area contributed by atoms with Gasteiger partial charge in [-0.2, -0.15) is 0 Å². The molecule has 35 heavy (non-hydrogen) atoms. The summed E-state index contributed by atoms with van der Waals surface area (Å²) in [5.41, 5.74) is 1.52. The molecule has 184 valence electrons. The maximum Gasteiger partial charge on any atom is 0.339 e. The highest BCUT2D eigenvalue weighted by atomic mass is 35.5. The number of benzene rings is 3. The number of halogens is 1. The molecule has 0 bridgehead atoms. The van der Waals surface area contributed by atoms with Crippen LogP contribution < -0.4 is 14.4 Å². The fourth-order valence-electron chi connectivity index (χ4n) is 3.23. The molecule has 10 heteroatoms. The summed E-state index contributed by atoms with van der Waals surface area (Å²) in [6.45, 7) is 3.64. The van der Waals surface area contributed by atoms with Crippen molar-refractivity contribution in [2.24, 2.45) is 0 Å². The lowest BCUT2D eigenvalue weighted by atomic mass is 10.2. The highest BCUT2D eigenvalue weighted by Crippen LogP contribution is 2.27. The maximum absolute atomic E-state index is 13.5. The summed E-state index contributed by atoms with van der Waals surface area (Å²) in [5, 5.41) is 2.78. The van der Waals surface area contributed by atoms with Crippen LogP contribution in [0.15, 0.2) is 71.6 Å². The Hall–Kier alpha value is -3.56. The van der Waals surface area contributed by atoms with Gasteiger partial charge in [-0.25, -0.2) is 13.2 Å². The minimum absolute atomic E-state index is 0.0456. The fraction of sp³-hybridized carbons (Fsp3) is 0.200. The van der Waals surface area contributed by atoms with E-state index in [1.807, 2.05) is 13.8 Å². The number of carbonyl (C=O) groups is 2. The Morgan fingerprint density at radius 2 is 1.66 bits per heavy atom. The number of amides is 1. The lowest BCUT2D eigenvalue weighted by molar-refractivity contribution is -0.114. The number of esters is 1. The Balaban J connectivity index is 1.93. The monoisotopic (exact) mass is 516 g/mol. The van der Waals surface area contributed by atoms with Crippen LogP contribution >= 0.6 is 11.6 Å². The molecule has 0 aliphatic carbocycles. The average Bonchev–Trinajstić information content (AvgIpc) is 2.84. The van der Waals surface area contributed by atoms with Crippen LogP contribution in [-0.4, -0.2) is 40.6 Å². The van der Waals surface area contributed by atoms with Gasteiger partial charge in [0.1, 0.15) is 12.3 Å². The van der Waals surface area contributed by atoms with Crippen molar-refractivity contribution < 1.29 is 27.5 Å². The van der Waals surface area contributed by atoms with Gasteiger partial charge in [-0.1, -0.05) is 29.3 Å². The van der Waals surface area contributed by atoms with Crippen LogP contribution in [0.5, 0.6) is 5.75 Å². The molecular weight excluding hydrogens is 492 g/mol. The van der Waals surface area contributed by atoms with Crippen molar-refractivity contribution in [1.29, 1.82) is 0 Å². The lowest BCUT2D eigenvalue weighted by Crippen LogP contribution is -2.38. The summed E-state index contributed by atoms with van der Waals surface area (Å²) in [7, 11) is -2.86. The summed E-state index contributed by atoms with van der Waals surface area (Å²) in [5.74, 6) is -0.707. The van der Waals surface area contributed by atoms with Crippen molar-refractivity contribution >= 4 is 44.9 Å². The van der Waals surface area contributed by atoms with Gasteiger partial charge in [0.15, 0.2) is 0 Å². The third-order valence-electron chi connectivity index (χ3n) is 4.99. The predicted molar refractivity (Wildman–Crippen MR) is 135 cm³/mol. The molecule has 3 rings (SSSR count). The molecular formula is C25H25ClN2O6S. The van der Waals surface area contributed by atoms with E-state index in [1.54, 1.807) is 36.4 Å². The molecule has 0 atom stereocenters. The number of nitrogens with one attached hydrogen (secondary N) is 1. The summed E-state index contributed by atoms with van der Waals surface area (Å²) in [4.78, 5) is 24.9. The zero-order valence-corrected chi connectivity index (χ0v) is 21.0. The van der Waals surface area contributed by atoms with Gasteiger partial charge in [-0.15, -0.1) is 0 Å². The molecule has 0 heterocycles. The van der Waals surface area contributed by atoms with Crippen molar-refractivity contribution in [2.45, 2.75) is 18.7 Å². The van der Waals surface area contributed by atoms with Crippen LogP contribution in [0.3, 0.4) is 0 Å². The Morgan fingerprint density at radius 1 is 1.00 bits per heavy atom. The molecule has 0 aliphatic rings. The minimum Gasteiger partial charge on any atom is -0.494 e. The number of aryl methyl sites for hydroxylation is 1. The van der Waals surface area contributed by atoms with E-state index in [1.165, 1.54) is 37.4 Å². The summed E-state index contributed by atoms with van der Waals surface area (Å²) < 4.78 is 38.2. The number of sulfonamides is 1. The third-order valence-corrected chi connectivity index (χ3v) is 7.10.